The largest absolute Gasteiger partial charge is 0.310 e. The number of fused-ring (bicyclic) bond motifs is 1. The molecule has 0 spiro atoms. The first kappa shape index (κ1) is 15.4. The number of halogens is 1. The molecule has 0 bridgehead atoms. The second-order valence-electron chi connectivity index (χ2n) is 5.53. The monoisotopic (exact) mass is 327 g/mol. The molecular formula is C14H18FN3O3S. The van der Waals surface area contributed by atoms with E-state index in [-0.39, 0.29) is 23.8 Å². The number of sulfonamides is 1. The zero-order chi connectivity index (χ0) is 15.9. The van der Waals surface area contributed by atoms with Gasteiger partial charge in [0, 0.05) is 25.2 Å². The van der Waals surface area contributed by atoms with Gasteiger partial charge >= 0.3 is 0 Å². The third kappa shape index (κ3) is 2.62. The first-order chi connectivity index (χ1) is 10.4. The lowest BCUT2D eigenvalue weighted by Gasteiger charge is -2.21. The normalized spacial score (nSPS) is 24.5. The van der Waals surface area contributed by atoms with Crippen LogP contribution in [0.2, 0.25) is 0 Å². The van der Waals surface area contributed by atoms with Crippen LogP contribution in [0, 0.1) is 0 Å². The molecule has 2 N–H and O–H groups in total. The van der Waals surface area contributed by atoms with E-state index in [2.05, 4.69) is 10.0 Å². The van der Waals surface area contributed by atoms with Gasteiger partial charge in [-0.25, -0.2) is 17.5 Å². The van der Waals surface area contributed by atoms with Crippen molar-refractivity contribution in [1.82, 2.24) is 10.0 Å². The molecule has 1 amide bonds. The Kier molecular flexibility index (Phi) is 3.92. The quantitative estimate of drug-likeness (QED) is 0.830. The molecule has 1 saturated heterocycles. The summed E-state index contributed by atoms with van der Waals surface area (Å²) in [6.07, 6.45) is -0.168. The molecule has 1 aromatic carbocycles. The zero-order valence-corrected chi connectivity index (χ0v) is 13.0. The first-order valence-electron chi connectivity index (χ1n) is 7.17. The van der Waals surface area contributed by atoms with Crippen molar-refractivity contribution in [2.75, 3.05) is 25.0 Å². The van der Waals surface area contributed by atoms with E-state index in [0.717, 1.165) is 5.56 Å². The molecule has 0 radical (unpaired) electrons. The van der Waals surface area contributed by atoms with E-state index in [1.165, 1.54) is 19.2 Å². The predicted molar refractivity (Wildman–Crippen MR) is 80.0 cm³/mol. The summed E-state index contributed by atoms with van der Waals surface area (Å²) in [6.45, 7) is 0.678. The van der Waals surface area contributed by atoms with Crippen molar-refractivity contribution in [2.45, 2.75) is 30.0 Å². The van der Waals surface area contributed by atoms with Gasteiger partial charge in [-0.1, -0.05) is 6.07 Å². The Balaban J connectivity index is 1.90. The van der Waals surface area contributed by atoms with E-state index in [0.29, 0.717) is 18.7 Å². The Morgan fingerprint density at radius 1 is 1.45 bits per heavy atom. The third-order valence-electron chi connectivity index (χ3n) is 4.17. The van der Waals surface area contributed by atoms with Gasteiger partial charge in [-0.15, -0.1) is 0 Å². The van der Waals surface area contributed by atoms with E-state index in [1.54, 1.807) is 11.0 Å². The van der Waals surface area contributed by atoms with Crippen LogP contribution in [0.5, 0.6) is 0 Å². The maximum Gasteiger partial charge on any atom is 0.244 e. The summed E-state index contributed by atoms with van der Waals surface area (Å²) >= 11 is 0. The highest BCUT2D eigenvalue weighted by atomic mass is 32.2. The summed E-state index contributed by atoms with van der Waals surface area (Å²) in [5.74, 6) is -0.196. The lowest BCUT2D eigenvalue weighted by atomic mass is 10.1. The molecule has 1 fully saturated rings. The number of benzene rings is 1. The number of anilines is 1. The lowest BCUT2D eigenvalue weighted by molar-refractivity contribution is -0.120. The molecule has 8 heteroatoms. The molecule has 1 aromatic rings. The number of carbonyl (C=O) groups is 1. The van der Waals surface area contributed by atoms with Crippen LogP contribution in [0.3, 0.4) is 0 Å². The minimum absolute atomic E-state index is 0.121. The average Bonchev–Trinajstić information content (AvgIpc) is 3.12. The first-order valence-corrected chi connectivity index (χ1v) is 8.66. The lowest BCUT2D eigenvalue weighted by Crippen LogP contribution is -2.43. The van der Waals surface area contributed by atoms with Crippen LogP contribution in [0.15, 0.2) is 23.1 Å². The molecule has 22 heavy (non-hydrogen) atoms. The van der Waals surface area contributed by atoms with Gasteiger partial charge in [0.15, 0.2) is 0 Å². The standard InChI is InChI=1S/C14H18FN3O3S/c1-16-22(20,21)11-3-2-9-4-5-18(13(9)7-11)14(19)12-6-10(15)8-17-12/h2-3,7,10,12,16-17H,4-6,8H2,1H3/t10-,12+/m0/s1. The van der Waals surface area contributed by atoms with Gasteiger partial charge in [0.25, 0.3) is 0 Å². The van der Waals surface area contributed by atoms with Gasteiger partial charge in [0.1, 0.15) is 6.17 Å². The van der Waals surface area contributed by atoms with Crippen LogP contribution in [0.1, 0.15) is 12.0 Å². The van der Waals surface area contributed by atoms with E-state index in [9.17, 15) is 17.6 Å². The third-order valence-corrected chi connectivity index (χ3v) is 5.58. The van der Waals surface area contributed by atoms with Crippen molar-refractivity contribution in [2.24, 2.45) is 0 Å². The predicted octanol–water partition coefficient (Wildman–Crippen LogP) is 0.184. The summed E-state index contributed by atoms with van der Waals surface area (Å²) < 4.78 is 39.3. The highest BCUT2D eigenvalue weighted by molar-refractivity contribution is 7.89. The Labute approximate surface area is 128 Å². The molecule has 2 heterocycles. The second-order valence-corrected chi connectivity index (χ2v) is 7.42. The summed E-state index contributed by atoms with van der Waals surface area (Å²) in [6, 6.07) is 4.23. The van der Waals surface area contributed by atoms with Crippen LogP contribution >= 0.6 is 0 Å². The van der Waals surface area contributed by atoms with Crippen molar-refractivity contribution in [3.05, 3.63) is 23.8 Å². The fraction of sp³-hybridized carbons (Fsp3) is 0.500. The number of nitrogens with one attached hydrogen (secondary N) is 2. The molecular weight excluding hydrogens is 309 g/mol. The van der Waals surface area contributed by atoms with Gasteiger partial charge in [-0.05, 0) is 31.2 Å². The van der Waals surface area contributed by atoms with Crippen LogP contribution < -0.4 is 14.9 Å². The molecule has 120 valence electrons. The van der Waals surface area contributed by atoms with Gasteiger partial charge in [-0.3, -0.25) is 4.79 Å². The van der Waals surface area contributed by atoms with Crippen LogP contribution in [-0.4, -0.2) is 46.7 Å². The molecule has 0 unspecified atom stereocenters. The highest BCUT2D eigenvalue weighted by Gasteiger charge is 2.35. The van der Waals surface area contributed by atoms with Crippen molar-refractivity contribution >= 4 is 21.6 Å². The number of hydrogen-bond acceptors (Lipinski definition) is 4. The Morgan fingerprint density at radius 3 is 2.86 bits per heavy atom. The average molecular weight is 327 g/mol. The molecule has 6 nitrogen and oxygen atoms in total. The number of nitrogens with zero attached hydrogens (tertiary/aromatic N) is 1. The Hall–Kier alpha value is -1.51. The van der Waals surface area contributed by atoms with E-state index in [1.807, 2.05) is 0 Å². The maximum absolute atomic E-state index is 13.3. The van der Waals surface area contributed by atoms with Gasteiger partial charge < -0.3 is 10.2 Å². The summed E-state index contributed by atoms with van der Waals surface area (Å²) in [5.41, 5.74) is 1.53. The molecule has 2 aliphatic heterocycles. The minimum Gasteiger partial charge on any atom is -0.310 e. The molecule has 2 atom stereocenters. The van der Waals surface area contributed by atoms with E-state index in [4.69, 9.17) is 0 Å². The number of alkyl halides is 1. The number of hydrogen-bond donors (Lipinski definition) is 2. The fourth-order valence-corrected chi connectivity index (χ4v) is 3.69. The minimum atomic E-state index is -3.56. The number of amides is 1. The zero-order valence-electron chi connectivity index (χ0n) is 12.2. The van der Waals surface area contributed by atoms with Crippen molar-refractivity contribution in [3.63, 3.8) is 0 Å². The van der Waals surface area contributed by atoms with Crippen LogP contribution in [-0.2, 0) is 21.2 Å². The van der Waals surface area contributed by atoms with Crippen molar-refractivity contribution in [1.29, 1.82) is 0 Å². The van der Waals surface area contributed by atoms with E-state index < -0.39 is 22.2 Å². The molecule has 0 saturated carbocycles. The van der Waals surface area contributed by atoms with Gasteiger partial charge in [-0.2, -0.15) is 0 Å². The van der Waals surface area contributed by atoms with E-state index >= 15 is 0 Å². The number of carbonyl (C=O) groups excluding carboxylic acids is 1. The second kappa shape index (κ2) is 5.60. The summed E-state index contributed by atoms with van der Waals surface area (Å²) in [7, 11) is -2.22. The van der Waals surface area contributed by atoms with Gasteiger partial charge in [0.05, 0.1) is 10.9 Å². The van der Waals surface area contributed by atoms with Crippen LogP contribution in [0.25, 0.3) is 0 Å². The molecule has 0 aromatic heterocycles. The summed E-state index contributed by atoms with van der Waals surface area (Å²) in [4.78, 5) is 14.2. The highest BCUT2D eigenvalue weighted by Crippen LogP contribution is 2.31. The fourth-order valence-electron chi connectivity index (χ4n) is 2.94. The Morgan fingerprint density at radius 2 is 2.23 bits per heavy atom. The maximum atomic E-state index is 13.3. The van der Waals surface area contributed by atoms with Crippen molar-refractivity contribution < 1.29 is 17.6 Å². The molecule has 3 rings (SSSR count). The Bertz CT molecular complexity index is 707. The summed E-state index contributed by atoms with van der Waals surface area (Å²) in [5, 5.41) is 2.87. The topological polar surface area (TPSA) is 78.5 Å². The van der Waals surface area contributed by atoms with Gasteiger partial charge in [0.2, 0.25) is 15.9 Å². The smallest absolute Gasteiger partial charge is 0.244 e. The SMILES string of the molecule is CNS(=O)(=O)c1ccc2c(c1)N(C(=O)[C@H]1C[C@H](F)CN1)CC2. The number of rotatable bonds is 3. The molecule has 2 aliphatic rings. The van der Waals surface area contributed by atoms with Crippen molar-refractivity contribution in [3.8, 4) is 0 Å². The van der Waals surface area contributed by atoms with Crippen LogP contribution in [0.4, 0.5) is 10.1 Å². The molecule has 0 aliphatic carbocycles.